The minimum absolute atomic E-state index is 0.0518. The van der Waals surface area contributed by atoms with Crippen LogP contribution in [0.1, 0.15) is 26.3 Å². The molecule has 4 nitrogen and oxygen atoms in total. The quantitative estimate of drug-likeness (QED) is 0.909. The van der Waals surface area contributed by atoms with E-state index in [1.807, 2.05) is 19.1 Å². The number of hydrogen-bond donors (Lipinski definition) is 1. The van der Waals surface area contributed by atoms with Crippen LogP contribution in [0.4, 0.5) is 0 Å². The first kappa shape index (κ1) is 13.1. The molecule has 5 heteroatoms. The van der Waals surface area contributed by atoms with E-state index in [1.54, 1.807) is 12.4 Å². The molecule has 1 amide bonds. The van der Waals surface area contributed by atoms with E-state index < -0.39 is 4.75 Å². The fraction of sp³-hybridized carbons (Fsp3) is 0.462. The zero-order valence-corrected chi connectivity index (χ0v) is 11.6. The van der Waals surface area contributed by atoms with Crippen LogP contribution in [-0.2, 0) is 11.3 Å². The number of aliphatic imine (C=N–C) groups is 1. The number of aromatic nitrogens is 1. The van der Waals surface area contributed by atoms with Crippen molar-refractivity contribution in [2.45, 2.75) is 32.1 Å². The van der Waals surface area contributed by atoms with Gasteiger partial charge in [0.15, 0.2) is 5.17 Å². The van der Waals surface area contributed by atoms with Gasteiger partial charge in [-0.3, -0.25) is 14.8 Å². The average Bonchev–Trinajstić information content (AvgIpc) is 2.65. The number of nitrogens with zero attached hydrogens (tertiary/aromatic N) is 2. The Labute approximate surface area is 111 Å². The molecule has 1 atom stereocenters. The molecule has 0 bridgehead atoms. The Balaban J connectivity index is 2.07. The third-order valence-electron chi connectivity index (χ3n) is 3.24. The lowest BCUT2D eigenvalue weighted by atomic mass is 9.96. The Morgan fingerprint density at radius 2 is 2.11 bits per heavy atom. The topological polar surface area (TPSA) is 54.4 Å². The molecule has 1 fully saturated rings. The van der Waals surface area contributed by atoms with Crippen molar-refractivity contribution in [3.63, 3.8) is 0 Å². The Morgan fingerprint density at radius 1 is 1.44 bits per heavy atom. The van der Waals surface area contributed by atoms with Crippen LogP contribution in [0.15, 0.2) is 29.5 Å². The molecule has 18 heavy (non-hydrogen) atoms. The van der Waals surface area contributed by atoms with Gasteiger partial charge < -0.3 is 5.32 Å². The van der Waals surface area contributed by atoms with E-state index in [0.717, 1.165) is 5.56 Å². The second kappa shape index (κ2) is 5.10. The second-order valence-corrected chi connectivity index (χ2v) is 6.23. The van der Waals surface area contributed by atoms with Gasteiger partial charge in [-0.2, -0.15) is 0 Å². The van der Waals surface area contributed by atoms with Crippen molar-refractivity contribution < 1.29 is 4.79 Å². The van der Waals surface area contributed by atoms with E-state index in [4.69, 9.17) is 0 Å². The maximum Gasteiger partial charge on any atom is 0.242 e. The van der Waals surface area contributed by atoms with Gasteiger partial charge in [0.05, 0.1) is 6.54 Å². The van der Waals surface area contributed by atoms with Crippen molar-refractivity contribution in [2.75, 3.05) is 0 Å². The SMILES string of the molecule is CC(C)[C@@]1(C)SC(=NCc2ccncc2)NC1=O. The summed E-state index contributed by atoms with van der Waals surface area (Å²) in [6.07, 6.45) is 3.49. The monoisotopic (exact) mass is 263 g/mol. The van der Waals surface area contributed by atoms with Gasteiger partial charge in [-0.25, -0.2) is 0 Å². The number of carbonyl (C=O) groups is 1. The van der Waals surface area contributed by atoms with Gasteiger partial charge >= 0.3 is 0 Å². The molecule has 0 aromatic carbocycles. The van der Waals surface area contributed by atoms with Gasteiger partial charge in [0.1, 0.15) is 4.75 Å². The highest BCUT2D eigenvalue weighted by Gasteiger charge is 2.44. The number of pyridine rings is 1. The molecule has 0 unspecified atom stereocenters. The molecule has 0 spiro atoms. The summed E-state index contributed by atoms with van der Waals surface area (Å²) in [7, 11) is 0. The molecule has 1 saturated heterocycles. The Hall–Kier alpha value is -1.36. The summed E-state index contributed by atoms with van der Waals surface area (Å²) in [6.45, 7) is 6.64. The van der Waals surface area contributed by atoms with Crippen LogP contribution >= 0.6 is 11.8 Å². The maximum absolute atomic E-state index is 11.9. The highest BCUT2D eigenvalue weighted by Crippen LogP contribution is 2.37. The van der Waals surface area contributed by atoms with Crippen molar-refractivity contribution in [1.29, 1.82) is 0 Å². The van der Waals surface area contributed by atoms with Crippen LogP contribution in [-0.4, -0.2) is 20.8 Å². The molecule has 0 saturated carbocycles. The third kappa shape index (κ3) is 2.56. The van der Waals surface area contributed by atoms with E-state index >= 15 is 0 Å². The number of amides is 1. The van der Waals surface area contributed by atoms with Gasteiger partial charge in [0, 0.05) is 12.4 Å². The van der Waals surface area contributed by atoms with Crippen LogP contribution in [0, 0.1) is 5.92 Å². The van der Waals surface area contributed by atoms with Crippen molar-refractivity contribution in [2.24, 2.45) is 10.9 Å². The molecule has 1 aromatic heterocycles. The first-order valence-corrected chi connectivity index (χ1v) is 6.78. The molecule has 96 valence electrons. The molecule has 0 radical (unpaired) electrons. The summed E-state index contributed by atoms with van der Waals surface area (Å²) in [4.78, 5) is 20.3. The molecule has 1 aromatic rings. The van der Waals surface area contributed by atoms with Gasteiger partial charge in [-0.1, -0.05) is 25.6 Å². The molecular weight excluding hydrogens is 246 g/mol. The number of amidine groups is 1. The highest BCUT2D eigenvalue weighted by molar-refractivity contribution is 8.16. The fourth-order valence-electron chi connectivity index (χ4n) is 1.60. The van der Waals surface area contributed by atoms with Crippen molar-refractivity contribution in [1.82, 2.24) is 10.3 Å². The summed E-state index contributed by atoms with van der Waals surface area (Å²) in [5, 5.41) is 3.57. The van der Waals surface area contributed by atoms with Crippen molar-refractivity contribution in [3.8, 4) is 0 Å². The standard InChI is InChI=1S/C13H17N3OS/c1-9(2)13(3)11(17)16-12(18-13)15-8-10-4-6-14-7-5-10/h4-7,9H,8H2,1-3H3,(H,15,16,17)/t13-/m1/s1. The van der Waals surface area contributed by atoms with E-state index in [0.29, 0.717) is 11.7 Å². The number of carbonyl (C=O) groups excluding carboxylic acids is 1. The summed E-state index contributed by atoms with van der Waals surface area (Å²) < 4.78 is -0.406. The summed E-state index contributed by atoms with van der Waals surface area (Å²) in [5.74, 6) is 0.326. The predicted octanol–water partition coefficient (Wildman–Crippen LogP) is 2.22. The van der Waals surface area contributed by atoms with Gasteiger partial charge in [-0.15, -0.1) is 0 Å². The van der Waals surface area contributed by atoms with Crippen LogP contribution in [0.2, 0.25) is 0 Å². The van der Waals surface area contributed by atoms with E-state index in [2.05, 4.69) is 29.1 Å². The Bertz CT molecular complexity index is 472. The largest absolute Gasteiger partial charge is 0.304 e. The minimum Gasteiger partial charge on any atom is -0.304 e. The summed E-state index contributed by atoms with van der Waals surface area (Å²) >= 11 is 1.52. The smallest absolute Gasteiger partial charge is 0.242 e. The van der Waals surface area contributed by atoms with Gasteiger partial charge in [0.25, 0.3) is 0 Å². The Morgan fingerprint density at radius 3 is 2.67 bits per heavy atom. The van der Waals surface area contributed by atoms with Gasteiger partial charge in [-0.05, 0) is 30.5 Å². The fourth-order valence-corrected chi connectivity index (χ4v) is 2.65. The number of thioether (sulfide) groups is 1. The van der Waals surface area contributed by atoms with Gasteiger partial charge in [0.2, 0.25) is 5.91 Å². The summed E-state index contributed by atoms with van der Waals surface area (Å²) in [6, 6.07) is 3.85. The first-order valence-electron chi connectivity index (χ1n) is 5.96. The summed E-state index contributed by atoms with van der Waals surface area (Å²) in [5.41, 5.74) is 1.09. The normalized spacial score (nSPS) is 25.8. The minimum atomic E-state index is -0.406. The third-order valence-corrected chi connectivity index (χ3v) is 4.74. The predicted molar refractivity (Wildman–Crippen MR) is 74.4 cm³/mol. The highest BCUT2D eigenvalue weighted by atomic mass is 32.2. The molecule has 1 aliphatic rings. The van der Waals surface area contributed by atoms with Crippen molar-refractivity contribution >= 4 is 22.8 Å². The molecule has 0 aliphatic carbocycles. The number of hydrogen-bond acceptors (Lipinski definition) is 4. The second-order valence-electron chi connectivity index (χ2n) is 4.79. The van der Waals surface area contributed by atoms with Crippen molar-refractivity contribution in [3.05, 3.63) is 30.1 Å². The van der Waals surface area contributed by atoms with E-state index in [1.165, 1.54) is 11.8 Å². The lowest BCUT2D eigenvalue weighted by molar-refractivity contribution is -0.122. The molecule has 2 heterocycles. The van der Waals surface area contributed by atoms with E-state index in [-0.39, 0.29) is 11.8 Å². The molecule has 2 rings (SSSR count). The lowest BCUT2D eigenvalue weighted by Gasteiger charge is -2.22. The maximum atomic E-state index is 11.9. The first-order chi connectivity index (χ1) is 8.52. The molecule has 1 aliphatic heterocycles. The molecular formula is C13H17N3OS. The van der Waals surface area contributed by atoms with E-state index in [9.17, 15) is 4.79 Å². The van der Waals surface area contributed by atoms with Crippen LogP contribution in [0.25, 0.3) is 0 Å². The zero-order chi connectivity index (χ0) is 13.2. The van der Waals surface area contributed by atoms with Crippen LogP contribution in [0.5, 0.6) is 0 Å². The zero-order valence-electron chi connectivity index (χ0n) is 10.8. The number of rotatable bonds is 3. The number of nitrogens with one attached hydrogen (secondary N) is 1. The average molecular weight is 263 g/mol. The van der Waals surface area contributed by atoms with Crippen LogP contribution in [0.3, 0.4) is 0 Å². The molecule has 1 N–H and O–H groups in total. The lowest BCUT2D eigenvalue weighted by Crippen LogP contribution is -2.38. The van der Waals surface area contributed by atoms with Crippen LogP contribution < -0.4 is 5.32 Å². The Kier molecular flexibility index (Phi) is 3.71.